The zero-order chi connectivity index (χ0) is 14.7. The largest absolute Gasteiger partial charge is 0.454 e. The Morgan fingerprint density at radius 2 is 1.90 bits per heavy atom. The van der Waals surface area contributed by atoms with Gasteiger partial charge in [0.2, 0.25) is 0 Å². The normalized spacial score (nSPS) is 12.2. The van der Waals surface area contributed by atoms with E-state index in [-0.39, 0.29) is 11.8 Å². The first kappa shape index (κ1) is 15.1. The standard InChI is InChI=1S/C15H14Cl2FNO/c1-9(19)6-10-2-5-15(14(18)7-10)20-11-3-4-12(16)13(17)8-11/h2-5,7-9H,6,19H2,1H3. The van der Waals surface area contributed by atoms with E-state index in [9.17, 15) is 4.39 Å². The topological polar surface area (TPSA) is 35.2 Å². The lowest BCUT2D eigenvalue weighted by Crippen LogP contribution is -2.17. The molecular weight excluding hydrogens is 300 g/mol. The van der Waals surface area contributed by atoms with Gasteiger partial charge < -0.3 is 10.5 Å². The summed E-state index contributed by atoms with van der Waals surface area (Å²) in [4.78, 5) is 0. The minimum Gasteiger partial charge on any atom is -0.454 e. The second-order valence-electron chi connectivity index (χ2n) is 4.62. The lowest BCUT2D eigenvalue weighted by atomic mass is 10.1. The summed E-state index contributed by atoms with van der Waals surface area (Å²) in [5, 5.41) is 0.782. The van der Waals surface area contributed by atoms with Gasteiger partial charge in [-0.2, -0.15) is 0 Å². The van der Waals surface area contributed by atoms with Crippen LogP contribution in [0.2, 0.25) is 10.0 Å². The number of nitrogens with two attached hydrogens (primary N) is 1. The summed E-state index contributed by atoms with van der Waals surface area (Å²) in [5.41, 5.74) is 6.52. The fourth-order valence-electron chi connectivity index (χ4n) is 1.79. The van der Waals surface area contributed by atoms with Gasteiger partial charge in [0, 0.05) is 12.1 Å². The summed E-state index contributed by atoms with van der Waals surface area (Å²) in [7, 11) is 0. The average Bonchev–Trinajstić information content (AvgIpc) is 2.36. The molecule has 0 spiro atoms. The highest BCUT2D eigenvalue weighted by atomic mass is 35.5. The van der Waals surface area contributed by atoms with Crippen LogP contribution in [0.25, 0.3) is 0 Å². The maximum absolute atomic E-state index is 13.9. The summed E-state index contributed by atoms with van der Waals surface area (Å²) in [6.07, 6.45) is 0.615. The lowest BCUT2D eigenvalue weighted by Gasteiger charge is -2.10. The molecule has 0 heterocycles. The van der Waals surface area contributed by atoms with Crippen LogP contribution in [0.1, 0.15) is 12.5 Å². The van der Waals surface area contributed by atoms with Gasteiger partial charge >= 0.3 is 0 Å². The van der Waals surface area contributed by atoms with Gasteiger partial charge in [0.15, 0.2) is 11.6 Å². The molecule has 5 heteroatoms. The number of benzene rings is 2. The van der Waals surface area contributed by atoms with Crippen molar-refractivity contribution in [3.8, 4) is 11.5 Å². The van der Waals surface area contributed by atoms with Gasteiger partial charge in [0.05, 0.1) is 10.0 Å². The highest BCUT2D eigenvalue weighted by molar-refractivity contribution is 6.42. The smallest absolute Gasteiger partial charge is 0.165 e. The first-order valence-electron chi connectivity index (χ1n) is 6.12. The molecule has 2 nitrogen and oxygen atoms in total. The van der Waals surface area contributed by atoms with Crippen molar-refractivity contribution in [2.45, 2.75) is 19.4 Å². The zero-order valence-electron chi connectivity index (χ0n) is 10.9. The number of rotatable bonds is 4. The predicted molar refractivity (Wildman–Crippen MR) is 80.3 cm³/mol. The van der Waals surface area contributed by atoms with Crippen LogP contribution >= 0.6 is 23.2 Å². The number of ether oxygens (including phenoxy) is 1. The van der Waals surface area contributed by atoms with E-state index >= 15 is 0 Å². The van der Waals surface area contributed by atoms with E-state index < -0.39 is 5.82 Å². The SMILES string of the molecule is CC(N)Cc1ccc(Oc2ccc(Cl)c(Cl)c2)c(F)c1. The van der Waals surface area contributed by atoms with Gasteiger partial charge in [-0.05, 0) is 43.2 Å². The van der Waals surface area contributed by atoms with Crippen molar-refractivity contribution in [1.29, 1.82) is 0 Å². The molecule has 1 unspecified atom stereocenters. The van der Waals surface area contributed by atoms with E-state index in [1.54, 1.807) is 30.3 Å². The van der Waals surface area contributed by atoms with Crippen molar-refractivity contribution < 1.29 is 9.13 Å². The molecule has 20 heavy (non-hydrogen) atoms. The van der Waals surface area contributed by atoms with E-state index in [1.807, 2.05) is 6.92 Å². The molecule has 2 aromatic carbocycles. The van der Waals surface area contributed by atoms with E-state index in [4.69, 9.17) is 33.7 Å². The lowest BCUT2D eigenvalue weighted by molar-refractivity contribution is 0.441. The summed E-state index contributed by atoms with van der Waals surface area (Å²) >= 11 is 11.7. The van der Waals surface area contributed by atoms with Crippen molar-refractivity contribution >= 4 is 23.2 Å². The Kier molecular flexibility index (Phi) is 4.86. The third-order valence-corrected chi connectivity index (χ3v) is 3.41. The zero-order valence-corrected chi connectivity index (χ0v) is 12.4. The Hall–Kier alpha value is -1.29. The Morgan fingerprint density at radius 3 is 2.50 bits per heavy atom. The Morgan fingerprint density at radius 1 is 1.15 bits per heavy atom. The van der Waals surface area contributed by atoms with Gasteiger partial charge in [-0.1, -0.05) is 29.3 Å². The Bertz CT molecular complexity index is 617. The molecule has 0 aliphatic carbocycles. The summed E-state index contributed by atoms with van der Waals surface area (Å²) < 4.78 is 19.4. The highest BCUT2D eigenvalue weighted by Crippen LogP contribution is 2.30. The van der Waals surface area contributed by atoms with Crippen LogP contribution in [0, 0.1) is 5.82 Å². The van der Waals surface area contributed by atoms with Crippen molar-refractivity contribution in [3.05, 3.63) is 57.8 Å². The van der Waals surface area contributed by atoms with E-state index in [0.717, 1.165) is 5.56 Å². The Balaban J connectivity index is 2.19. The molecule has 1 atom stereocenters. The third-order valence-electron chi connectivity index (χ3n) is 2.67. The predicted octanol–water partition coefficient (Wildman–Crippen LogP) is 4.81. The monoisotopic (exact) mass is 313 g/mol. The molecule has 0 fully saturated rings. The fourth-order valence-corrected chi connectivity index (χ4v) is 2.08. The van der Waals surface area contributed by atoms with E-state index in [0.29, 0.717) is 22.2 Å². The van der Waals surface area contributed by atoms with Gasteiger partial charge in [-0.25, -0.2) is 4.39 Å². The Labute approximate surface area is 127 Å². The molecule has 0 saturated heterocycles. The molecule has 0 saturated carbocycles. The second kappa shape index (κ2) is 6.44. The van der Waals surface area contributed by atoms with Gasteiger partial charge in [0.25, 0.3) is 0 Å². The molecule has 106 valence electrons. The molecule has 0 radical (unpaired) electrons. The van der Waals surface area contributed by atoms with Gasteiger partial charge in [0.1, 0.15) is 5.75 Å². The van der Waals surface area contributed by atoms with Crippen molar-refractivity contribution in [3.63, 3.8) is 0 Å². The van der Waals surface area contributed by atoms with Crippen LogP contribution < -0.4 is 10.5 Å². The summed E-state index contributed by atoms with van der Waals surface area (Å²) in [5.74, 6) is 0.129. The molecule has 0 aromatic heterocycles. The minimum atomic E-state index is -0.436. The van der Waals surface area contributed by atoms with E-state index in [1.165, 1.54) is 6.07 Å². The quantitative estimate of drug-likeness (QED) is 0.878. The fraction of sp³-hybridized carbons (Fsp3) is 0.200. The number of hydrogen-bond donors (Lipinski definition) is 1. The maximum Gasteiger partial charge on any atom is 0.165 e. The molecule has 0 aliphatic rings. The summed E-state index contributed by atoms with van der Waals surface area (Å²) in [6.45, 7) is 1.87. The molecule has 0 bridgehead atoms. The van der Waals surface area contributed by atoms with Crippen molar-refractivity contribution in [2.24, 2.45) is 5.73 Å². The van der Waals surface area contributed by atoms with Crippen LogP contribution in [0.4, 0.5) is 4.39 Å². The van der Waals surface area contributed by atoms with Crippen LogP contribution in [0.5, 0.6) is 11.5 Å². The van der Waals surface area contributed by atoms with Crippen LogP contribution in [-0.4, -0.2) is 6.04 Å². The van der Waals surface area contributed by atoms with Crippen LogP contribution in [0.15, 0.2) is 36.4 Å². The third kappa shape index (κ3) is 3.85. The maximum atomic E-state index is 13.9. The second-order valence-corrected chi connectivity index (χ2v) is 5.44. The molecule has 2 rings (SSSR count). The first-order chi connectivity index (χ1) is 9.45. The van der Waals surface area contributed by atoms with E-state index in [2.05, 4.69) is 0 Å². The average molecular weight is 314 g/mol. The minimum absolute atomic E-state index is 0.0174. The first-order valence-corrected chi connectivity index (χ1v) is 6.88. The van der Waals surface area contributed by atoms with Crippen LogP contribution in [-0.2, 0) is 6.42 Å². The van der Waals surface area contributed by atoms with Gasteiger partial charge in [-0.15, -0.1) is 0 Å². The molecule has 0 aliphatic heterocycles. The molecular formula is C15H14Cl2FNO. The van der Waals surface area contributed by atoms with Crippen LogP contribution in [0.3, 0.4) is 0 Å². The number of hydrogen-bond acceptors (Lipinski definition) is 2. The van der Waals surface area contributed by atoms with Crippen molar-refractivity contribution in [1.82, 2.24) is 0 Å². The highest BCUT2D eigenvalue weighted by Gasteiger charge is 2.08. The molecule has 0 amide bonds. The molecule has 2 N–H and O–H groups in total. The number of halogens is 3. The van der Waals surface area contributed by atoms with Crippen molar-refractivity contribution in [2.75, 3.05) is 0 Å². The molecule has 2 aromatic rings. The van der Waals surface area contributed by atoms with Gasteiger partial charge in [-0.3, -0.25) is 0 Å². The summed E-state index contributed by atoms with van der Waals surface area (Å²) in [6, 6.07) is 9.55.